The second-order valence-corrected chi connectivity index (χ2v) is 12.1. The second kappa shape index (κ2) is 12.9. The molecule has 0 unspecified atom stereocenters. The molecule has 5 rings (SSSR count). The fourth-order valence-electron chi connectivity index (χ4n) is 4.82. The van der Waals surface area contributed by atoms with Gasteiger partial charge in [0.2, 0.25) is 5.91 Å². The Morgan fingerprint density at radius 3 is 2.33 bits per heavy atom. The van der Waals surface area contributed by atoms with Crippen molar-refractivity contribution in [3.05, 3.63) is 84.2 Å². The molecular formula is C32H31F3N6O4S. The van der Waals surface area contributed by atoms with E-state index in [4.69, 9.17) is 4.74 Å². The molecule has 14 heteroatoms. The van der Waals surface area contributed by atoms with Gasteiger partial charge in [-0.2, -0.15) is 4.99 Å². The number of carbonyl (C=O) groups excluding carboxylic acids is 2. The fraction of sp³-hybridized carbons (Fsp3) is 0.281. The summed E-state index contributed by atoms with van der Waals surface area (Å²) in [7, 11) is 1.58. The van der Waals surface area contributed by atoms with Crippen LogP contribution in [0.15, 0.2) is 78.0 Å². The van der Waals surface area contributed by atoms with Crippen molar-refractivity contribution in [2.24, 2.45) is 4.99 Å². The Hall–Kier alpha value is -4.85. The van der Waals surface area contributed by atoms with Crippen LogP contribution in [-0.4, -0.2) is 51.1 Å². The van der Waals surface area contributed by atoms with Crippen LogP contribution in [-0.2, 0) is 10.3 Å². The summed E-state index contributed by atoms with van der Waals surface area (Å²) in [4.78, 5) is 36.1. The molecule has 240 valence electrons. The van der Waals surface area contributed by atoms with Crippen LogP contribution in [0.1, 0.15) is 44.7 Å². The Labute approximate surface area is 267 Å². The van der Waals surface area contributed by atoms with Crippen LogP contribution >= 0.6 is 11.8 Å². The van der Waals surface area contributed by atoms with E-state index < -0.39 is 17.9 Å². The lowest BCUT2D eigenvalue weighted by Gasteiger charge is -2.26. The summed E-state index contributed by atoms with van der Waals surface area (Å²) in [6, 6.07) is 17.4. The van der Waals surface area contributed by atoms with Crippen molar-refractivity contribution in [3.63, 3.8) is 0 Å². The molecule has 46 heavy (non-hydrogen) atoms. The standard InChI is InChI=1S/C32H31F3N6O4S/c1-19(2)25-16-24(44-5)14-15-26(25)41-27(42)17-46-30(41)37-29(43)38-31(3,4)21-8-6-20(7-9-21)28-36-18-40(39-28)22-10-12-23(13-11-22)45-32(33,34)35/h6-16,18-19H,17H2,1-5H3,(H,38,43)/b37-30-. The number of amidine groups is 1. The van der Waals surface area contributed by atoms with E-state index in [0.29, 0.717) is 33.7 Å². The number of halogens is 3. The van der Waals surface area contributed by atoms with Crippen molar-refractivity contribution >= 4 is 34.6 Å². The average molecular weight is 653 g/mol. The maximum atomic E-state index is 13.1. The number of nitrogens with zero attached hydrogens (tertiary/aromatic N) is 5. The SMILES string of the molecule is COc1ccc(N2C(=O)CS/C2=N\C(=O)NC(C)(C)c2ccc(-c3ncn(-c4ccc(OC(F)(F)F)cc4)n3)cc2)c(C(C)C)c1. The smallest absolute Gasteiger partial charge is 0.497 e. The minimum atomic E-state index is -4.77. The van der Waals surface area contributed by atoms with E-state index >= 15 is 0 Å². The first kappa shape index (κ1) is 32.5. The minimum absolute atomic E-state index is 0.0951. The average Bonchev–Trinajstić information content (AvgIpc) is 3.63. The molecular weight excluding hydrogens is 621 g/mol. The summed E-state index contributed by atoms with van der Waals surface area (Å²) in [5, 5.41) is 7.66. The van der Waals surface area contributed by atoms with Gasteiger partial charge in [-0.25, -0.2) is 14.5 Å². The highest BCUT2D eigenvalue weighted by Crippen LogP contribution is 2.36. The first-order valence-corrected chi connectivity index (χ1v) is 15.2. The molecule has 0 atom stereocenters. The normalized spacial score (nSPS) is 14.7. The van der Waals surface area contributed by atoms with Crippen molar-refractivity contribution < 1.29 is 32.2 Å². The molecule has 0 bridgehead atoms. The monoisotopic (exact) mass is 652 g/mol. The van der Waals surface area contributed by atoms with Crippen molar-refractivity contribution in [3.8, 4) is 28.6 Å². The summed E-state index contributed by atoms with van der Waals surface area (Å²) in [5.74, 6) is 0.839. The van der Waals surface area contributed by atoms with Gasteiger partial charge in [-0.15, -0.1) is 18.3 Å². The number of carbonyl (C=O) groups is 2. The number of rotatable bonds is 8. The number of amides is 3. The highest BCUT2D eigenvalue weighted by molar-refractivity contribution is 8.15. The number of methoxy groups -OCH3 is 1. The number of urea groups is 1. The van der Waals surface area contributed by atoms with Crippen LogP contribution in [0.4, 0.5) is 23.7 Å². The van der Waals surface area contributed by atoms with Gasteiger partial charge in [0.05, 0.1) is 29.8 Å². The van der Waals surface area contributed by atoms with Gasteiger partial charge in [-0.1, -0.05) is 49.9 Å². The number of benzene rings is 3. The number of alkyl halides is 3. The third kappa shape index (κ3) is 7.33. The molecule has 0 aliphatic carbocycles. The van der Waals surface area contributed by atoms with Gasteiger partial charge in [-0.05, 0) is 73.4 Å². The third-order valence-corrected chi connectivity index (χ3v) is 8.09. The summed E-state index contributed by atoms with van der Waals surface area (Å²) < 4.78 is 48.1. The molecule has 1 saturated heterocycles. The molecule has 1 aliphatic heterocycles. The van der Waals surface area contributed by atoms with Gasteiger partial charge in [0.15, 0.2) is 11.0 Å². The van der Waals surface area contributed by atoms with E-state index in [1.807, 2.05) is 45.9 Å². The Morgan fingerprint density at radius 2 is 1.70 bits per heavy atom. The number of aromatic nitrogens is 3. The lowest BCUT2D eigenvalue weighted by molar-refractivity contribution is -0.274. The van der Waals surface area contributed by atoms with Gasteiger partial charge in [0, 0.05) is 5.56 Å². The summed E-state index contributed by atoms with van der Waals surface area (Å²) >= 11 is 1.20. The molecule has 10 nitrogen and oxygen atoms in total. The molecule has 1 aromatic heterocycles. The molecule has 1 aliphatic rings. The molecule has 4 aromatic rings. The van der Waals surface area contributed by atoms with Gasteiger partial charge >= 0.3 is 12.4 Å². The van der Waals surface area contributed by atoms with E-state index in [-0.39, 0.29) is 23.3 Å². The molecule has 1 N–H and O–H groups in total. The highest BCUT2D eigenvalue weighted by Gasteiger charge is 2.34. The predicted molar refractivity (Wildman–Crippen MR) is 169 cm³/mol. The lowest BCUT2D eigenvalue weighted by atomic mass is 9.93. The molecule has 1 fully saturated rings. The first-order chi connectivity index (χ1) is 21.7. The van der Waals surface area contributed by atoms with E-state index in [0.717, 1.165) is 11.1 Å². The second-order valence-electron chi connectivity index (χ2n) is 11.2. The molecule has 0 radical (unpaired) electrons. The zero-order valence-corrected chi connectivity index (χ0v) is 26.4. The number of ether oxygens (including phenoxy) is 2. The van der Waals surface area contributed by atoms with Gasteiger partial charge in [0.25, 0.3) is 0 Å². The highest BCUT2D eigenvalue weighted by atomic mass is 32.2. The largest absolute Gasteiger partial charge is 0.573 e. The molecule has 0 saturated carbocycles. The minimum Gasteiger partial charge on any atom is -0.497 e. The van der Waals surface area contributed by atoms with Crippen LogP contribution in [0.5, 0.6) is 11.5 Å². The van der Waals surface area contributed by atoms with Crippen molar-refractivity contribution in [2.45, 2.75) is 45.5 Å². The van der Waals surface area contributed by atoms with Crippen molar-refractivity contribution in [1.82, 2.24) is 20.1 Å². The Morgan fingerprint density at radius 1 is 1.02 bits per heavy atom. The van der Waals surface area contributed by atoms with Gasteiger partial charge in [-0.3, -0.25) is 9.69 Å². The van der Waals surface area contributed by atoms with E-state index in [1.54, 1.807) is 31.4 Å². The molecule has 2 heterocycles. The van der Waals surface area contributed by atoms with E-state index in [9.17, 15) is 22.8 Å². The quantitative estimate of drug-likeness (QED) is 0.217. The third-order valence-electron chi connectivity index (χ3n) is 7.17. The number of hydrogen-bond donors (Lipinski definition) is 1. The van der Waals surface area contributed by atoms with Gasteiger partial charge < -0.3 is 14.8 Å². The van der Waals surface area contributed by atoms with Crippen molar-refractivity contribution in [2.75, 3.05) is 17.8 Å². The van der Waals surface area contributed by atoms with Crippen LogP contribution in [0, 0.1) is 0 Å². The predicted octanol–water partition coefficient (Wildman–Crippen LogP) is 7.05. The maximum absolute atomic E-state index is 13.1. The number of hydrogen-bond acceptors (Lipinski definition) is 7. The molecule has 3 amide bonds. The van der Waals surface area contributed by atoms with Gasteiger partial charge in [0.1, 0.15) is 17.8 Å². The Bertz CT molecular complexity index is 1770. The number of thioether (sulfide) groups is 1. The topological polar surface area (TPSA) is 111 Å². The zero-order valence-electron chi connectivity index (χ0n) is 25.6. The summed E-state index contributed by atoms with van der Waals surface area (Å²) in [5.41, 5.74) is 2.72. The van der Waals surface area contributed by atoms with Crippen molar-refractivity contribution in [1.29, 1.82) is 0 Å². The Kier molecular flexibility index (Phi) is 9.10. The number of anilines is 1. The first-order valence-electron chi connectivity index (χ1n) is 14.2. The summed E-state index contributed by atoms with van der Waals surface area (Å²) in [6.45, 7) is 7.71. The van der Waals surface area contributed by atoms with Crippen LogP contribution in [0.3, 0.4) is 0 Å². The number of aliphatic imine (C=N–C) groups is 1. The lowest BCUT2D eigenvalue weighted by Crippen LogP contribution is -2.40. The molecule has 0 spiro atoms. The fourth-order valence-corrected chi connectivity index (χ4v) is 5.68. The Balaban J connectivity index is 1.29. The van der Waals surface area contributed by atoms with Crippen LogP contribution in [0.25, 0.3) is 17.1 Å². The zero-order chi connectivity index (χ0) is 33.2. The van der Waals surface area contributed by atoms with Crippen LogP contribution in [0.2, 0.25) is 0 Å². The number of nitrogens with one attached hydrogen (secondary N) is 1. The maximum Gasteiger partial charge on any atom is 0.573 e. The summed E-state index contributed by atoms with van der Waals surface area (Å²) in [6.07, 6.45) is -3.32. The van der Waals surface area contributed by atoms with Crippen LogP contribution < -0.4 is 19.7 Å². The molecule has 3 aromatic carbocycles. The van der Waals surface area contributed by atoms with E-state index in [2.05, 4.69) is 25.1 Å². The van der Waals surface area contributed by atoms with E-state index in [1.165, 1.54) is 51.9 Å².